The predicted octanol–water partition coefficient (Wildman–Crippen LogP) is 1.95. The lowest BCUT2D eigenvalue weighted by molar-refractivity contribution is -0.146. The summed E-state index contributed by atoms with van der Waals surface area (Å²) < 4.78 is 25.5. The fourth-order valence-corrected chi connectivity index (χ4v) is 1.88. The van der Waals surface area contributed by atoms with Gasteiger partial charge >= 0.3 is 0 Å². The Balaban J connectivity index is 2.29. The summed E-state index contributed by atoms with van der Waals surface area (Å²) in [6.07, 6.45) is 2.86. The van der Waals surface area contributed by atoms with Gasteiger partial charge < -0.3 is 4.79 Å². The second-order valence-corrected chi connectivity index (χ2v) is 3.73. The van der Waals surface area contributed by atoms with Gasteiger partial charge in [0.25, 0.3) is 5.92 Å². The van der Waals surface area contributed by atoms with E-state index in [9.17, 15) is 13.6 Å². The van der Waals surface area contributed by atoms with Crippen molar-refractivity contribution in [2.24, 2.45) is 0 Å². The Bertz CT molecular complexity index is 342. The molecule has 14 heavy (non-hydrogen) atoms. The minimum atomic E-state index is -2.70. The first kappa shape index (κ1) is 9.24. The van der Waals surface area contributed by atoms with Crippen LogP contribution in [0.25, 0.3) is 0 Å². The molecule has 1 heterocycles. The number of halogens is 2. The maximum absolute atomic E-state index is 12.7. The van der Waals surface area contributed by atoms with E-state index in [1.807, 2.05) is 0 Å². The molecular formula is C10H9F2NO. The SMILES string of the molecule is O=CC1(c2cccnc2)CC(F)(F)C1. The number of carbonyl (C=O) groups excluding carboxylic acids is 1. The molecule has 0 atom stereocenters. The Morgan fingerprint density at radius 3 is 2.57 bits per heavy atom. The largest absolute Gasteiger partial charge is 0.302 e. The van der Waals surface area contributed by atoms with Gasteiger partial charge in [0, 0.05) is 25.2 Å². The lowest BCUT2D eigenvalue weighted by Crippen LogP contribution is -2.50. The Morgan fingerprint density at radius 1 is 1.43 bits per heavy atom. The molecule has 0 unspecified atom stereocenters. The second-order valence-electron chi connectivity index (χ2n) is 3.73. The highest BCUT2D eigenvalue weighted by atomic mass is 19.3. The molecular weight excluding hydrogens is 188 g/mol. The summed E-state index contributed by atoms with van der Waals surface area (Å²) in [7, 11) is 0. The maximum atomic E-state index is 12.7. The fraction of sp³-hybridized carbons (Fsp3) is 0.400. The zero-order chi connectivity index (χ0) is 10.2. The Morgan fingerprint density at radius 2 is 2.14 bits per heavy atom. The van der Waals surface area contributed by atoms with Crippen LogP contribution in [-0.4, -0.2) is 17.2 Å². The van der Waals surface area contributed by atoms with E-state index in [0.29, 0.717) is 11.8 Å². The zero-order valence-corrected chi connectivity index (χ0v) is 7.41. The summed E-state index contributed by atoms with van der Waals surface area (Å²) in [6, 6.07) is 3.31. The van der Waals surface area contributed by atoms with E-state index in [1.165, 1.54) is 6.20 Å². The van der Waals surface area contributed by atoms with Crippen molar-refractivity contribution in [3.63, 3.8) is 0 Å². The fourth-order valence-electron chi connectivity index (χ4n) is 1.88. The normalized spacial score (nSPS) is 22.4. The van der Waals surface area contributed by atoms with E-state index in [0.717, 1.165) is 0 Å². The number of carbonyl (C=O) groups is 1. The standard InChI is InChI=1S/C10H9F2NO/c11-10(12)5-9(6-10,7-14)8-2-1-3-13-4-8/h1-4,7H,5-6H2. The average molecular weight is 197 g/mol. The van der Waals surface area contributed by atoms with Gasteiger partial charge in [0.05, 0.1) is 5.41 Å². The zero-order valence-electron chi connectivity index (χ0n) is 7.41. The van der Waals surface area contributed by atoms with Gasteiger partial charge in [-0.3, -0.25) is 4.98 Å². The molecule has 2 rings (SSSR count). The van der Waals surface area contributed by atoms with Gasteiger partial charge in [-0.05, 0) is 11.6 Å². The molecule has 1 aliphatic carbocycles. The lowest BCUT2D eigenvalue weighted by atomic mass is 9.63. The topological polar surface area (TPSA) is 30.0 Å². The maximum Gasteiger partial charge on any atom is 0.250 e. The summed E-state index contributed by atoms with van der Waals surface area (Å²) in [6.45, 7) is 0. The Hall–Kier alpha value is -1.32. The third kappa shape index (κ3) is 1.31. The molecule has 74 valence electrons. The third-order valence-electron chi connectivity index (χ3n) is 2.61. The van der Waals surface area contributed by atoms with Crippen molar-refractivity contribution in [2.75, 3.05) is 0 Å². The molecule has 1 aromatic heterocycles. The van der Waals surface area contributed by atoms with Gasteiger partial charge in [-0.15, -0.1) is 0 Å². The van der Waals surface area contributed by atoms with E-state index >= 15 is 0 Å². The minimum Gasteiger partial charge on any atom is -0.302 e. The second kappa shape index (κ2) is 2.83. The molecule has 0 saturated heterocycles. The predicted molar refractivity (Wildman–Crippen MR) is 46.2 cm³/mol. The van der Waals surface area contributed by atoms with Crippen LogP contribution in [0.3, 0.4) is 0 Å². The van der Waals surface area contributed by atoms with Gasteiger partial charge in [-0.2, -0.15) is 0 Å². The molecule has 0 bridgehead atoms. The van der Waals surface area contributed by atoms with Crippen molar-refractivity contribution in [1.29, 1.82) is 0 Å². The van der Waals surface area contributed by atoms with E-state index in [-0.39, 0.29) is 0 Å². The molecule has 1 saturated carbocycles. The number of pyridine rings is 1. The van der Waals surface area contributed by atoms with Crippen LogP contribution in [0, 0.1) is 0 Å². The molecule has 0 aliphatic heterocycles. The van der Waals surface area contributed by atoms with Crippen LogP contribution in [0.5, 0.6) is 0 Å². The van der Waals surface area contributed by atoms with Gasteiger partial charge in [0.15, 0.2) is 0 Å². The molecule has 4 heteroatoms. The van der Waals surface area contributed by atoms with Crippen LogP contribution in [0.15, 0.2) is 24.5 Å². The van der Waals surface area contributed by atoms with E-state index < -0.39 is 24.2 Å². The highest BCUT2D eigenvalue weighted by Gasteiger charge is 2.57. The summed E-state index contributed by atoms with van der Waals surface area (Å²) in [5.74, 6) is -2.70. The first-order chi connectivity index (χ1) is 6.58. The Kier molecular flexibility index (Phi) is 1.87. The first-order valence-corrected chi connectivity index (χ1v) is 4.33. The number of nitrogens with zero attached hydrogens (tertiary/aromatic N) is 1. The summed E-state index contributed by atoms with van der Waals surface area (Å²) >= 11 is 0. The molecule has 2 nitrogen and oxygen atoms in total. The molecule has 0 aromatic carbocycles. The minimum absolute atomic E-state index is 0.394. The van der Waals surface area contributed by atoms with E-state index in [1.54, 1.807) is 18.3 Å². The average Bonchev–Trinajstić information content (AvgIpc) is 2.15. The van der Waals surface area contributed by atoms with Crippen molar-refractivity contribution in [2.45, 2.75) is 24.2 Å². The van der Waals surface area contributed by atoms with Crippen LogP contribution in [0.1, 0.15) is 18.4 Å². The van der Waals surface area contributed by atoms with Crippen LogP contribution >= 0.6 is 0 Å². The first-order valence-electron chi connectivity index (χ1n) is 4.33. The van der Waals surface area contributed by atoms with Crippen LogP contribution in [-0.2, 0) is 10.2 Å². The highest BCUT2D eigenvalue weighted by Crippen LogP contribution is 2.51. The van der Waals surface area contributed by atoms with E-state index in [4.69, 9.17) is 0 Å². The molecule has 0 N–H and O–H groups in total. The number of rotatable bonds is 2. The summed E-state index contributed by atoms with van der Waals surface area (Å²) in [5, 5.41) is 0. The molecule has 0 spiro atoms. The summed E-state index contributed by atoms with van der Waals surface area (Å²) in [4.78, 5) is 14.7. The van der Waals surface area contributed by atoms with Gasteiger partial charge in [-0.1, -0.05) is 6.07 Å². The van der Waals surface area contributed by atoms with Crippen molar-refractivity contribution in [3.05, 3.63) is 30.1 Å². The molecule has 1 aromatic rings. The highest BCUT2D eigenvalue weighted by molar-refractivity contribution is 5.71. The van der Waals surface area contributed by atoms with Crippen molar-refractivity contribution in [1.82, 2.24) is 4.98 Å². The van der Waals surface area contributed by atoms with Crippen molar-refractivity contribution < 1.29 is 13.6 Å². The Labute approximate surface area is 80.0 Å². The van der Waals surface area contributed by atoms with Crippen molar-refractivity contribution in [3.8, 4) is 0 Å². The number of aldehydes is 1. The van der Waals surface area contributed by atoms with Crippen LogP contribution < -0.4 is 0 Å². The molecule has 0 radical (unpaired) electrons. The smallest absolute Gasteiger partial charge is 0.250 e. The van der Waals surface area contributed by atoms with Crippen LogP contribution in [0.2, 0.25) is 0 Å². The molecule has 0 amide bonds. The monoisotopic (exact) mass is 197 g/mol. The van der Waals surface area contributed by atoms with Crippen molar-refractivity contribution >= 4 is 6.29 Å². The summed E-state index contributed by atoms with van der Waals surface area (Å²) in [5.41, 5.74) is -0.418. The molecule has 1 fully saturated rings. The number of hydrogen-bond acceptors (Lipinski definition) is 2. The lowest BCUT2D eigenvalue weighted by Gasteiger charge is -2.43. The van der Waals surface area contributed by atoms with Gasteiger partial charge in [-0.25, -0.2) is 8.78 Å². The number of aromatic nitrogens is 1. The number of hydrogen-bond donors (Lipinski definition) is 0. The third-order valence-corrected chi connectivity index (χ3v) is 2.61. The van der Waals surface area contributed by atoms with E-state index in [2.05, 4.69) is 4.98 Å². The molecule has 1 aliphatic rings. The van der Waals surface area contributed by atoms with Gasteiger partial charge in [0.1, 0.15) is 6.29 Å². The quantitative estimate of drug-likeness (QED) is 0.678. The number of alkyl halides is 2. The van der Waals surface area contributed by atoms with Gasteiger partial charge in [0.2, 0.25) is 0 Å². The van der Waals surface area contributed by atoms with Crippen LogP contribution in [0.4, 0.5) is 8.78 Å².